The van der Waals surface area contributed by atoms with Gasteiger partial charge < -0.3 is 83.9 Å². The zero-order valence-corrected chi connectivity index (χ0v) is 41.5. The average molecular weight is 1060 g/mol. The molecule has 0 aliphatic carbocycles. The van der Waals surface area contributed by atoms with Gasteiger partial charge in [-0.3, -0.25) is 0 Å². The Bertz CT molecular complexity index is 3180. The number of phenolic OH excluding ortho intramolecular Hbond substituents is 2. The van der Waals surface area contributed by atoms with Crippen LogP contribution in [0.2, 0.25) is 0 Å². The zero-order valence-electron chi connectivity index (χ0n) is 40.7. The fraction of sp³-hybridized carbons (Fsp3) is 0.268. The van der Waals surface area contributed by atoms with Crippen molar-refractivity contribution in [2.45, 2.75) is 37.6 Å². The number of aliphatic hydroxyl groups is 4. The van der Waals surface area contributed by atoms with E-state index in [1.54, 1.807) is 84.9 Å². The minimum absolute atomic E-state index is 0.0209. The Morgan fingerprint density at radius 1 is 0.632 bits per heavy atom. The van der Waals surface area contributed by atoms with E-state index in [0.29, 0.717) is 98.7 Å². The van der Waals surface area contributed by atoms with E-state index in [1.807, 2.05) is 0 Å². The summed E-state index contributed by atoms with van der Waals surface area (Å²) in [5.74, 6) is -1.81. The second-order valence-corrected chi connectivity index (χ2v) is 18.3. The SMILES string of the molecule is O=C1OC(O)(c2ccc(CO)cc2)C(Cc2cc(CO)c(CO)c(OCCOCCOCCOCCNC(=S)Nc3ccc4c(c3)C(=O)OC43c4ccc(O)cc4Oc4cc(O)ccc43)c2)=C1c1ccc2c(c1)OCO2. The van der Waals surface area contributed by atoms with E-state index in [9.17, 15) is 40.2 Å². The molecule has 4 aliphatic rings. The first-order valence-electron chi connectivity index (χ1n) is 24.2. The first-order valence-corrected chi connectivity index (χ1v) is 24.6. The maximum absolute atomic E-state index is 13.7. The van der Waals surface area contributed by atoms with Crippen molar-refractivity contribution in [3.63, 3.8) is 0 Å². The summed E-state index contributed by atoms with van der Waals surface area (Å²) < 4.78 is 52.1. The van der Waals surface area contributed by atoms with E-state index in [-0.39, 0.29) is 91.7 Å². The van der Waals surface area contributed by atoms with E-state index >= 15 is 0 Å². The molecule has 0 radical (unpaired) electrons. The van der Waals surface area contributed by atoms with Crippen LogP contribution in [0, 0.1) is 0 Å². The van der Waals surface area contributed by atoms with Crippen molar-refractivity contribution < 1.29 is 82.9 Å². The molecule has 4 aliphatic heterocycles. The molecule has 0 fully saturated rings. The van der Waals surface area contributed by atoms with Crippen molar-refractivity contribution in [3.8, 4) is 40.2 Å². The number of hydrogen-bond acceptors (Lipinski definition) is 18. The minimum atomic E-state index is -2.20. The number of anilines is 1. The summed E-state index contributed by atoms with van der Waals surface area (Å²) in [5.41, 5.74) is 4.00. The summed E-state index contributed by atoms with van der Waals surface area (Å²) >= 11 is 5.50. The minimum Gasteiger partial charge on any atom is -0.508 e. The van der Waals surface area contributed by atoms with Crippen LogP contribution < -0.4 is 29.6 Å². The molecule has 1 unspecified atom stereocenters. The van der Waals surface area contributed by atoms with Crippen molar-refractivity contribution in [2.75, 3.05) is 64.9 Å². The van der Waals surface area contributed by atoms with Crippen LogP contribution >= 0.6 is 12.2 Å². The third-order valence-corrected chi connectivity index (χ3v) is 13.5. The summed E-state index contributed by atoms with van der Waals surface area (Å²) in [6.45, 7) is 1.06. The number of rotatable bonds is 21. The lowest BCUT2D eigenvalue weighted by atomic mass is 9.77. The highest BCUT2D eigenvalue weighted by molar-refractivity contribution is 7.80. The van der Waals surface area contributed by atoms with Gasteiger partial charge in [-0.25, -0.2) is 9.59 Å². The molecule has 10 rings (SSSR count). The van der Waals surface area contributed by atoms with Gasteiger partial charge in [-0.05, 0) is 89.1 Å². The van der Waals surface area contributed by atoms with E-state index in [2.05, 4.69) is 10.6 Å². The Morgan fingerprint density at radius 3 is 1.99 bits per heavy atom. The maximum Gasteiger partial charge on any atom is 0.342 e. The summed E-state index contributed by atoms with van der Waals surface area (Å²) in [5, 5.41) is 69.4. The predicted molar refractivity (Wildman–Crippen MR) is 274 cm³/mol. The van der Waals surface area contributed by atoms with Crippen molar-refractivity contribution in [2.24, 2.45) is 0 Å². The molecule has 0 bridgehead atoms. The number of carbonyl (C=O) groups is 2. The molecule has 19 nitrogen and oxygen atoms in total. The quantitative estimate of drug-likeness (QED) is 0.0245. The maximum atomic E-state index is 13.7. The van der Waals surface area contributed by atoms with E-state index in [1.165, 1.54) is 24.3 Å². The Kier molecular flexibility index (Phi) is 15.1. The largest absolute Gasteiger partial charge is 0.508 e. The van der Waals surface area contributed by atoms with Crippen LogP contribution in [0.3, 0.4) is 0 Å². The third kappa shape index (κ3) is 10.2. The summed E-state index contributed by atoms with van der Waals surface area (Å²) in [4.78, 5) is 27.2. The number of fused-ring (bicyclic) bond motifs is 7. The topological polar surface area (TPSA) is 263 Å². The molecule has 4 heterocycles. The molecule has 20 heteroatoms. The molecular formula is C56H52N2O17S. The Labute approximate surface area is 440 Å². The van der Waals surface area contributed by atoms with Crippen molar-refractivity contribution in [1.82, 2.24) is 5.32 Å². The second-order valence-electron chi connectivity index (χ2n) is 17.9. The summed E-state index contributed by atoms with van der Waals surface area (Å²) in [6, 6.07) is 29.1. The number of cyclic esters (lactones) is 1. The standard InChI is InChI=1S/C56H52N2O17S/c59-28-32-1-4-36(5-2-32)56(66)45(51(53(65)75-56)34-3-12-46-50(24-34)72-31-71-46)22-33-21-35(29-60)41(30-61)47(23-33)70-20-19-69-18-17-68-16-15-67-14-13-57-54(76)58-37-6-9-42-40(25-37)52(64)74-55(42)43-10-7-38(62)26-48(43)73-49-27-39(63)8-11-44(49)55/h1-12,21,23-27,59-63,66H,13-20,22,28-31H2,(H2,57,58,76). The Balaban J connectivity index is 0.673. The first-order chi connectivity index (χ1) is 36.9. The van der Waals surface area contributed by atoms with Crippen LogP contribution in [0.25, 0.3) is 5.57 Å². The van der Waals surface area contributed by atoms with Gasteiger partial charge in [0.1, 0.15) is 35.4 Å². The molecule has 8 N–H and O–H groups in total. The second kappa shape index (κ2) is 22.2. The molecule has 76 heavy (non-hydrogen) atoms. The number of esters is 2. The highest BCUT2D eigenvalue weighted by Gasteiger charge is 2.54. The van der Waals surface area contributed by atoms with Crippen molar-refractivity contribution in [3.05, 3.63) is 170 Å². The molecule has 0 saturated heterocycles. The van der Waals surface area contributed by atoms with Crippen LogP contribution in [0.5, 0.6) is 40.2 Å². The predicted octanol–water partition coefficient (Wildman–Crippen LogP) is 5.69. The van der Waals surface area contributed by atoms with Crippen LogP contribution in [-0.4, -0.2) is 107 Å². The number of hydrogen-bond donors (Lipinski definition) is 8. The molecule has 6 aromatic carbocycles. The lowest BCUT2D eigenvalue weighted by molar-refractivity contribution is -0.185. The number of thiocarbonyl (C=S) groups is 1. The van der Waals surface area contributed by atoms with Gasteiger partial charge in [-0.15, -0.1) is 0 Å². The van der Waals surface area contributed by atoms with E-state index in [0.717, 1.165) is 0 Å². The number of ether oxygens (including phenoxy) is 9. The Morgan fingerprint density at radius 2 is 1.30 bits per heavy atom. The molecular weight excluding hydrogens is 1000 g/mol. The van der Waals surface area contributed by atoms with Gasteiger partial charge >= 0.3 is 11.9 Å². The van der Waals surface area contributed by atoms with Gasteiger partial charge in [-0.2, -0.15) is 0 Å². The van der Waals surface area contributed by atoms with Crippen LogP contribution in [0.4, 0.5) is 5.69 Å². The lowest BCUT2D eigenvalue weighted by Gasteiger charge is -2.36. The van der Waals surface area contributed by atoms with E-state index in [4.69, 9.17) is 54.8 Å². The fourth-order valence-electron chi connectivity index (χ4n) is 9.63. The number of phenols is 2. The van der Waals surface area contributed by atoms with Crippen molar-refractivity contribution in [1.29, 1.82) is 0 Å². The number of benzene rings is 6. The number of aliphatic hydroxyl groups excluding tert-OH is 3. The van der Waals surface area contributed by atoms with Crippen LogP contribution in [0.1, 0.15) is 60.4 Å². The molecule has 0 aromatic heterocycles. The number of nitrogens with one attached hydrogen (secondary N) is 2. The highest BCUT2D eigenvalue weighted by atomic mass is 32.1. The van der Waals surface area contributed by atoms with E-state index < -0.39 is 36.5 Å². The third-order valence-electron chi connectivity index (χ3n) is 13.2. The van der Waals surface area contributed by atoms with Gasteiger partial charge in [0.2, 0.25) is 6.79 Å². The Hall–Kier alpha value is -7.79. The van der Waals surface area contributed by atoms with Crippen LogP contribution in [0.15, 0.2) is 115 Å². The van der Waals surface area contributed by atoms with Gasteiger partial charge in [0, 0.05) is 64.2 Å². The normalized spacial score (nSPS) is 16.4. The zero-order chi connectivity index (χ0) is 53.0. The monoisotopic (exact) mass is 1060 g/mol. The molecule has 394 valence electrons. The molecule has 1 spiro atoms. The average Bonchev–Trinajstić information content (AvgIpc) is 4.10. The summed E-state index contributed by atoms with van der Waals surface area (Å²) in [6.07, 6.45) is -0.0349. The number of aromatic hydroxyl groups is 2. The van der Waals surface area contributed by atoms with Crippen molar-refractivity contribution >= 4 is 40.5 Å². The summed E-state index contributed by atoms with van der Waals surface area (Å²) in [7, 11) is 0. The highest BCUT2D eigenvalue weighted by Crippen LogP contribution is 2.57. The van der Waals surface area contributed by atoms with Gasteiger partial charge in [0.05, 0.1) is 70.6 Å². The first kappa shape index (κ1) is 51.7. The van der Waals surface area contributed by atoms with Crippen LogP contribution in [-0.2, 0) is 66.1 Å². The fourth-order valence-corrected chi connectivity index (χ4v) is 9.85. The smallest absolute Gasteiger partial charge is 0.342 e. The lowest BCUT2D eigenvalue weighted by Crippen LogP contribution is -2.33. The number of carbonyl (C=O) groups excluding carboxylic acids is 2. The molecule has 0 saturated carbocycles. The van der Waals surface area contributed by atoms with Gasteiger partial charge in [0.15, 0.2) is 22.2 Å². The van der Waals surface area contributed by atoms with Gasteiger partial charge in [0.25, 0.3) is 5.79 Å². The molecule has 0 amide bonds. The molecule has 1 atom stereocenters. The molecule has 6 aromatic rings. The van der Waals surface area contributed by atoms with Gasteiger partial charge in [-0.1, -0.05) is 42.5 Å².